The van der Waals surface area contributed by atoms with Crippen LogP contribution in [0, 0.1) is 12.7 Å². The summed E-state index contributed by atoms with van der Waals surface area (Å²) >= 11 is 6.53. The third-order valence-corrected chi connectivity index (χ3v) is 3.80. The highest BCUT2D eigenvalue weighted by molar-refractivity contribution is 9.10. The number of carbonyl (C=O) groups is 1. The lowest BCUT2D eigenvalue weighted by molar-refractivity contribution is 0.102. The summed E-state index contributed by atoms with van der Waals surface area (Å²) in [5, 5.41) is 2.58. The molecule has 2 aromatic carbocycles. The summed E-state index contributed by atoms with van der Waals surface area (Å²) < 4.78 is 15.0. The molecule has 1 N–H and O–H groups in total. The van der Waals surface area contributed by atoms with E-state index in [0.29, 0.717) is 10.0 Å². The van der Waals surface area contributed by atoms with Crippen LogP contribution in [-0.2, 0) is 0 Å². The predicted molar refractivity (Wildman–Crippen MR) is 80.9 cm³/mol. The molecule has 1 amide bonds. The summed E-state index contributed by atoms with van der Waals surface area (Å²) in [5.41, 5.74) is 1.48. The van der Waals surface area contributed by atoms with E-state index in [4.69, 9.17) is 0 Å². The van der Waals surface area contributed by atoms with Crippen molar-refractivity contribution in [1.29, 1.82) is 0 Å². The summed E-state index contributed by atoms with van der Waals surface area (Å²) in [6, 6.07) is 9.93. The Bertz CT molecular complexity index is 623. The number of halogens is 3. The lowest BCUT2D eigenvalue weighted by Gasteiger charge is -2.10. The first-order valence-corrected chi connectivity index (χ1v) is 7.09. The van der Waals surface area contributed by atoms with E-state index in [0.717, 1.165) is 10.0 Å². The fourth-order valence-electron chi connectivity index (χ4n) is 1.64. The maximum atomic E-state index is 13.7. The summed E-state index contributed by atoms with van der Waals surface area (Å²) in [4.78, 5) is 12.2. The lowest BCUT2D eigenvalue weighted by Crippen LogP contribution is -2.14. The lowest BCUT2D eigenvalue weighted by atomic mass is 10.1. The van der Waals surface area contributed by atoms with Crippen LogP contribution >= 0.6 is 31.9 Å². The van der Waals surface area contributed by atoms with Crippen molar-refractivity contribution < 1.29 is 9.18 Å². The molecule has 0 spiro atoms. The summed E-state index contributed by atoms with van der Waals surface area (Å²) in [7, 11) is 0. The highest BCUT2D eigenvalue weighted by atomic mass is 79.9. The van der Waals surface area contributed by atoms with Gasteiger partial charge in [0.25, 0.3) is 5.91 Å². The molecule has 19 heavy (non-hydrogen) atoms. The first-order valence-electron chi connectivity index (χ1n) is 5.50. The molecular formula is C14H10Br2FNO. The third-order valence-electron chi connectivity index (χ3n) is 2.65. The maximum absolute atomic E-state index is 13.7. The van der Waals surface area contributed by atoms with Gasteiger partial charge in [-0.15, -0.1) is 0 Å². The van der Waals surface area contributed by atoms with Gasteiger partial charge < -0.3 is 5.32 Å². The number of para-hydroxylation sites is 1. The Labute approximate surface area is 127 Å². The van der Waals surface area contributed by atoms with Crippen LogP contribution in [0.3, 0.4) is 0 Å². The van der Waals surface area contributed by atoms with Gasteiger partial charge in [-0.2, -0.15) is 0 Å². The summed E-state index contributed by atoms with van der Waals surface area (Å²) in [5.74, 6) is -0.819. The molecule has 0 saturated heterocycles. The molecule has 0 unspecified atom stereocenters. The molecule has 0 fully saturated rings. The van der Waals surface area contributed by atoms with Crippen molar-refractivity contribution in [3.05, 3.63) is 62.3 Å². The second-order valence-corrected chi connectivity index (χ2v) is 5.78. The molecule has 0 radical (unpaired) electrons. The van der Waals surface area contributed by atoms with Crippen LogP contribution in [0.4, 0.5) is 10.1 Å². The van der Waals surface area contributed by atoms with Crippen LogP contribution in [-0.4, -0.2) is 5.91 Å². The average molecular weight is 387 g/mol. The van der Waals surface area contributed by atoms with Gasteiger partial charge in [0.1, 0.15) is 5.82 Å². The molecular weight excluding hydrogens is 377 g/mol. The van der Waals surface area contributed by atoms with Gasteiger partial charge in [-0.05, 0) is 52.7 Å². The number of rotatable bonds is 2. The molecule has 2 nitrogen and oxygen atoms in total. The highest BCUT2D eigenvalue weighted by Crippen LogP contribution is 2.26. The number of anilines is 1. The van der Waals surface area contributed by atoms with E-state index in [1.54, 1.807) is 18.2 Å². The van der Waals surface area contributed by atoms with Gasteiger partial charge in [0, 0.05) is 14.5 Å². The summed E-state index contributed by atoms with van der Waals surface area (Å²) in [6.45, 7) is 1.83. The van der Waals surface area contributed by atoms with Gasteiger partial charge in [0.15, 0.2) is 0 Å². The molecule has 0 aliphatic carbocycles. The van der Waals surface area contributed by atoms with E-state index < -0.39 is 5.82 Å². The molecule has 0 aliphatic rings. The second-order valence-electron chi connectivity index (χ2n) is 4.01. The Balaban J connectivity index is 2.34. The number of carbonyl (C=O) groups excluding carboxylic acids is 1. The van der Waals surface area contributed by atoms with E-state index in [1.165, 1.54) is 6.07 Å². The fraction of sp³-hybridized carbons (Fsp3) is 0.0714. The van der Waals surface area contributed by atoms with Crippen LogP contribution in [0.25, 0.3) is 0 Å². The number of amides is 1. The van der Waals surface area contributed by atoms with Crippen LogP contribution < -0.4 is 5.32 Å². The standard InChI is InChI=1S/C14H10Br2FNO/c1-8-5-6-9(15)7-10(8)14(19)18-13-11(16)3-2-4-12(13)17/h2-7H,1H3,(H,18,19). The molecule has 0 aliphatic heterocycles. The van der Waals surface area contributed by atoms with Gasteiger partial charge in [0.2, 0.25) is 0 Å². The first-order chi connectivity index (χ1) is 8.99. The van der Waals surface area contributed by atoms with E-state index in [1.807, 2.05) is 19.1 Å². The van der Waals surface area contributed by atoms with E-state index in [-0.39, 0.29) is 11.6 Å². The molecule has 2 rings (SSSR count). The number of hydrogen-bond acceptors (Lipinski definition) is 1. The Morgan fingerprint density at radius 3 is 2.63 bits per heavy atom. The molecule has 0 saturated carbocycles. The fourth-order valence-corrected chi connectivity index (χ4v) is 2.44. The van der Waals surface area contributed by atoms with Crippen molar-refractivity contribution in [2.45, 2.75) is 6.92 Å². The topological polar surface area (TPSA) is 29.1 Å². The van der Waals surface area contributed by atoms with Crippen molar-refractivity contribution in [2.24, 2.45) is 0 Å². The molecule has 2 aromatic rings. The van der Waals surface area contributed by atoms with Gasteiger partial charge in [0.05, 0.1) is 5.69 Å². The zero-order chi connectivity index (χ0) is 14.0. The van der Waals surface area contributed by atoms with Crippen LogP contribution in [0.2, 0.25) is 0 Å². The molecule has 0 heterocycles. The Morgan fingerprint density at radius 2 is 1.95 bits per heavy atom. The summed E-state index contributed by atoms with van der Waals surface area (Å²) in [6.07, 6.45) is 0. The van der Waals surface area contributed by atoms with E-state index >= 15 is 0 Å². The largest absolute Gasteiger partial charge is 0.319 e. The monoisotopic (exact) mass is 385 g/mol. The number of benzene rings is 2. The van der Waals surface area contributed by atoms with Crippen LogP contribution in [0.5, 0.6) is 0 Å². The number of hydrogen-bond donors (Lipinski definition) is 1. The molecule has 0 aromatic heterocycles. The first kappa shape index (κ1) is 14.2. The molecule has 0 bridgehead atoms. The van der Waals surface area contributed by atoms with Crippen molar-refractivity contribution in [3.63, 3.8) is 0 Å². The molecule has 98 valence electrons. The SMILES string of the molecule is Cc1ccc(Br)cc1C(=O)Nc1c(F)cccc1Br. The van der Waals surface area contributed by atoms with Crippen molar-refractivity contribution in [3.8, 4) is 0 Å². The predicted octanol–water partition coefficient (Wildman–Crippen LogP) is 4.91. The van der Waals surface area contributed by atoms with Gasteiger partial charge in [-0.1, -0.05) is 28.1 Å². The van der Waals surface area contributed by atoms with Crippen LogP contribution in [0.1, 0.15) is 15.9 Å². The van der Waals surface area contributed by atoms with Crippen LogP contribution in [0.15, 0.2) is 45.3 Å². The highest BCUT2D eigenvalue weighted by Gasteiger charge is 2.14. The van der Waals surface area contributed by atoms with E-state index in [9.17, 15) is 9.18 Å². The Kier molecular flexibility index (Phi) is 4.37. The van der Waals surface area contributed by atoms with Gasteiger partial charge >= 0.3 is 0 Å². The average Bonchev–Trinajstić information content (AvgIpc) is 2.37. The number of aryl methyl sites for hydroxylation is 1. The number of nitrogens with one attached hydrogen (secondary N) is 1. The maximum Gasteiger partial charge on any atom is 0.256 e. The third kappa shape index (κ3) is 3.22. The quantitative estimate of drug-likeness (QED) is 0.780. The van der Waals surface area contributed by atoms with Crippen molar-refractivity contribution >= 4 is 43.5 Å². The Hall–Kier alpha value is -1.20. The molecule has 0 atom stereocenters. The second kappa shape index (κ2) is 5.84. The minimum absolute atomic E-state index is 0.145. The smallest absolute Gasteiger partial charge is 0.256 e. The zero-order valence-electron chi connectivity index (χ0n) is 10.0. The van der Waals surface area contributed by atoms with E-state index in [2.05, 4.69) is 37.2 Å². The van der Waals surface area contributed by atoms with Gasteiger partial charge in [-0.25, -0.2) is 4.39 Å². The van der Waals surface area contributed by atoms with Gasteiger partial charge in [-0.3, -0.25) is 4.79 Å². The van der Waals surface area contributed by atoms with Crippen molar-refractivity contribution in [2.75, 3.05) is 5.32 Å². The Morgan fingerprint density at radius 1 is 1.21 bits per heavy atom. The zero-order valence-corrected chi connectivity index (χ0v) is 13.2. The minimum Gasteiger partial charge on any atom is -0.319 e. The minimum atomic E-state index is -0.477. The molecule has 5 heteroatoms. The normalized spacial score (nSPS) is 10.3. The van der Waals surface area contributed by atoms with Crippen molar-refractivity contribution in [1.82, 2.24) is 0 Å².